The SMILES string of the molecule is [K+].c1ccc(C[C-](Cc2ccccc2)c2ccccc2)cc1. The van der Waals surface area contributed by atoms with Crippen LogP contribution in [0.2, 0.25) is 0 Å². The van der Waals surface area contributed by atoms with Gasteiger partial charge in [-0.15, -0.1) is 12.1 Å². The number of hydrogen-bond donors (Lipinski definition) is 0. The minimum atomic E-state index is 0. The van der Waals surface area contributed by atoms with Gasteiger partial charge in [0, 0.05) is 0 Å². The fourth-order valence-electron chi connectivity index (χ4n) is 2.63. The summed E-state index contributed by atoms with van der Waals surface area (Å²) in [6.07, 6.45) is 2.00. The van der Waals surface area contributed by atoms with E-state index in [2.05, 4.69) is 91.0 Å². The smallest absolute Gasteiger partial charge is 0.188 e. The molecule has 0 saturated heterocycles. The summed E-state index contributed by atoms with van der Waals surface area (Å²) < 4.78 is 0. The molecule has 0 amide bonds. The maximum Gasteiger partial charge on any atom is 1.00 e. The van der Waals surface area contributed by atoms with E-state index in [-0.39, 0.29) is 51.4 Å². The summed E-state index contributed by atoms with van der Waals surface area (Å²) >= 11 is 0. The van der Waals surface area contributed by atoms with Gasteiger partial charge in [0.25, 0.3) is 0 Å². The fraction of sp³-hybridized carbons (Fsp3) is 0.0952. The average Bonchev–Trinajstić information content (AvgIpc) is 2.57. The van der Waals surface area contributed by atoms with Gasteiger partial charge in [-0.3, -0.25) is 0 Å². The molecule has 1 heteroatoms. The number of benzene rings is 3. The van der Waals surface area contributed by atoms with Crippen molar-refractivity contribution in [1.82, 2.24) is 0 Å². The molecular formula is C21H19K. The van der Waals surface area contributed by atoms with E-state index in [4.69, 9.17) is 0 Å². The Kier molecular flexibility index (Phi) is 7.44. The molecule has 0 spiro atoms. The molecule has 0 heterocycles. The molecule has 0 saturated carbocycles. The van der Waals surface area contributed by atoms with E-state index in [1.165, 1.54) is 22.6 Å². The Morgan fingerprint density at radius 1 is 0.500 bits per heavy atom. The van der Waals surface area contributed by atoms with Crippen LogP contribution in [0.1, 0.15) is 16.7 Å². The Bertz CT molecular complexity index is 606. The van der Waals surface area contributed by atoms with Gasteiger partial charge in [-0.1, -0.05) is 90.7 Å². The molecule has 0 aliphatic carbocycles. The van der Waals surface area contributed by atoms with Gasteiger partial charge in [-0.2, -0.15) is 23.6 Å². The Balaban J connectivity index is 0.00000176. The summed E-state index contributed by atoms with van der Waals surface area (Å²) in [5.74, 6) is 1.47. The Morgan fingerprint density at radius 3 is 1.27 bits per heavy atom. The second-order valence-electron chi connectivity index (χ2n) is 5.29. The van der Waals surface area contributed by atoms with Crippen molar-refractivity contribution >= 4 is 0 Å². The molecule has 22 heavy (non-hydrogen) atoms. The molecule has 0 unspecified atom stereocenters. The van der Waals surface area contributed by atoms with Crippen molar-refractivity contribution < 1.29 is 51.4 Å². The van der Waals surface area contributed by atoms with Crippen molar-refractivity contribution in [3.05, 3.63) is 114 Å². The van der Waals surface area contributed by atoms with E-state index in [1.54, 1.807) is 0 Å². The van der Waals surface area contributed by atoms with Gasteiger partial charge in [0.1, 0.15) is 0 Å². The second-order valence-corrected chi connectivity index (χ2v) is 5.29. The maximum absolute atomic E-state index is 2.21. The average molecular weight is 310 g/mol. The van der Waals surface area contributed by atoms with E-state index in [0.29, 0.717) is 0 Å². The Labute approximate surface area is 176 Å². The fourth-order valence-corrected chi connectivity index (χ4v) is 2.63. The van der Waals surface area contributed by atoms with Crippen molar-refractivity contribution in [3.63, 3.8) is 0 Å². The molecule has 0 atom stereocenters. The summed E-state index contributed by atoms with van der Waals surface area (Å²) in [6.45, 7) is 0. The summed E-state index contributed by atoms with van der Waals surface area (Å²) in [6, 6.07) is 32.1. The van der Waals surface area contributed by atoms with Crippen LogP contribution >= 0.6 is 0 Å². The quantitative estimate of drug-likeness (QED) is 0.500. The van der Waals surface area contributed by atoms with Crippen LogP contribution in [0.4, 0.5) is 0 Å². The molecular weight excluding hydrogens is 291 g/mol. The largest absolute Gasteiger partial charge is 1.00 e. The monoisotopic (exact) mass is 310 g/mol. The zero-order valence-corrected chi connectivity index (χ0v) is 16.2. The van der Waals surface area contributed by atoms with Gasteiger partial charge >= 0.3 is 51.4 Å². The van der Waals surface area contributed by atoms with Crippen LogP contribution in [0.3, 0.4) is 0 Å². The van der Waals surface area contributed by atoms with Gasteiger partial charge in [0.2, 0.25) is 0 Å². The molecule has 0 radical (unpaired) electrons. The first-order valence-corrected chi connectivity index (χ1v) is 7.40. The zero-order chi connectivity index (χ0) is 14.3. The third-order valence-electron chi connectivity index (χ3n) is 3.70. The van der Waals surface area contributed by atoms with Crippen molar-refractivity contribution in [2.24, 2.45) is 0 Å². The molecule has 0 N–H and O–H groups in total. The van der Waals surface area contributed by atoms with Gasteiger partial charge in [0.05, 0.1) is 0 Å². The number of hydrogen-bond acceptors (Lipinski definition) is 0. The van der Waals surface area contributed by atoms with Gasteiger partial charge < -0.3 is 0 Å². The van der Waals surface area contributed by atoms with Crippen LogP contribution in [0.15, 0.2) is 91.0 Å². The summed E-state index contributed by atoms with van der Waals surface area (Å²) in [7, 11) is 0. The predicted molar refractivity (Wildman–Crippen MR) is 89.1 cm³/mol. The molecule has 0 bridgehead atoms. The van der Waals surface area contributed by atoms with Crippen LogP contribution in [0.5, 0.6) is 0 Å². The van der Waals surface area contributed by atoms with E-state index >= 15 is 0 Å². The normalized spacial score (nSPS) is 9.82. The molecule has 3 aromatic rings. The van der Waals surface area contributed by atoms with Crippen LogP contribution in [0.25, 0.3) is 0 Å². The van der Waals surface area contributed by atoms with Crippen LogP contribution < -0.4 is 51.4 Å². The first-order chi connectivity index (χ1) is 10.4. The molecule has 0 fully saturated rings. The van der Waals surface area contributed by atoms with Gasteiger partial charge in [-0.05, 0) is 0 Å². The zero-order valence-electron chi connectivity index (χ0n) is 13.1. The predicted octanol–water partition coefficient (Wildman–Crippen LogP) is 2.10. The number of rotatable bonds is 5. The summed E-state index contributed by atoms with van der Waals surface area (Å²) in [5.41, 5.74) is 4.07. The van der Waals surface area contributed by atoms with E-state index in [1.807, 2.05) is 0 Å². The Morgan fingerprint density at radius 2 is 0.864 bits per heavy atom. The molecule has 104 valence electrons. The van der Waals surface area contributed by atoms with Crippen molar-refractivity contribution in [1.29, 1.82) is 0 Å². The minimum absolute atomic E-state index is 0. The van der Waals surface area contributed by atoms with Crippen LogP contribution in [0, 0.1) is 5.92 Å². The molecule has 0 nitrogen and oxygen atoms in total. The van der Waals surface area contributed by atoms with E-state index < -0.39 is 0 Å². The molecule has 3 rings (SSSR count). The Hall–Kier alpha value is -0.834. The third kappa shape index (κ3) is 5.11. The van der Waals surface area contributed by atoms with E-state index in [0.717, 1.165) is 12.8 Å². The second kappa shape index (κ2) is 9.34. The van der Waals surface area contributed by atoms with Gasteiger partial charge in [-0.25, -0.2) is 0 Å². The third-order valence-corrected chi connectivity index (χ3v) is 3.70. The minimum Gasteiger partial charge on any atom is -0.188 e. The van der Waals surface area contributed by atoms with Crippen molar-refractivity contribution in [2.75, 3.05) is 0 Å². The molecule has 0 aromatic heterocycles. The summed E-state index contributed by atoms with van der Waals surface area (Å²) in [4.78, 5) is 0. The molecule has 3 aromatic carbocycles. The molecule has 0 aliphatic rings. The summed E-state index contributed by atoms with van der Waals surface area (Å²) in [5, 5.41) is 0. The topological polar surface area (TPSA) is 0 Å². The molecule has 0 aliphatic heterocycles. The van der Waals surface area contributed by atoms with E-state index in [9.17, 15) is 0 Å². The maximum atomic E-state index is 2.21. The standard InChI is InChI=1S/C21H19.K/c1-4-10-18(11-5-1)16-21(20-14-8-3-9-15-20)17-19-12-6-2-7-13-19;/h1-15H,16-17H2;/q-1;+1. The van der Waals surface area contributed by atoms with Crippen LogP contribution in [-0.2, 0) is 12.8 Å². The van der Waals surface area contributed by atoms with Crippen LogP contribution in [-0.4, -0.2) is 0 Å². The first-order valence-electron chi connectivity index (χ1n) is 7.40. The first kappa shape index (κ1) is 17.5. The van der Waals surface area contributed by atoms with Gasteiger partial charge in [0.15, 0.2) is 0 Å². The van der Waals surface area contributed by atoms with Crippen molar-refractivity contribution in [2.45, 2.75) is 12.8 Å². The van der Waals surface area contributed by atoms with Crippen molar-refractivity contribution in [3.8, 4) is 0 Å².